The Bertz CT molecular complexity index is 403. The van der Waals surface area contributed by atoms with E-state index in [9.17, 15) is 9.59 Å². The molecule has 0 aromatic heterocycles. The normalized spacial score (nSPS) is 10.1. The minimum atomic E-state index is -0.498. The molecular formula is C14H19NO4. The van der Waals surface area contributed by atoms with Crippen molar-refractivity contribution in [3.63, 3.8) is 0 Å². The molecule has 0 aliphatic carbocycles. The van der Waals surface area contributed by atoms with E-state index in [1.54, 1.807) is 24.3 Å². The standard InChI is InChI=1S/C14H19NO4/c1-11(2)8-9-14(17)19-15-13(16)10-18-12-6-4-3-5-7-12/h3-7,11H,8-10H2,1-2H3,(H,15,16). The van der Waals surface area contributed by atoms with Crippen molar-refractivity contribution >= 4 is 11.9 Å². The van der Waals surface area contributed by atoms with Crippen LogP contribution in [-0.4, -0.2) is 18.5 Å². The van der Waals surface area contributed by atoms with E-state index in [2.05, 4.69) is 10.3 Å². The SMILES string of the molecule is CC(C)CCC(=O)ONC(=O)COc1ccccc1. The predicted molar refractivity (Wildman–Crippen MR) is 70.2 cm³/mol. The van der Waals surface area contributed by atoms with Gasteiger partial charge in [0.25, 0.3) is 5.91 Å². The minimum Gasteiger partial charge on any atom is -0.484 e. The molecule has 1 aromatic rings. The fraction of sp³-hybridized carbons (Fsp3) is 0.429. The van der Waals surface area contributed by atoms with Crippen LogP contribution in [0.5, 0.6) is 5.75 Å². The molecule has 0 atom stereocenters. The number of carbonyl (C=O) groups excluding carboxylic acids is 2. The van der Waals surface area contributed by atoms with Crippen LogP contribution in [0.15, 0.2) is 30.3 Å². The van der Waals surface area contributed by atoms with Gasteiger partial charge < -0.3 is 9.57 Å². The lowest BCUT2D eigenvalue weighted by Crippen LogP contribution is -2.31. The highest BCUT2D eigenvalue weighted by molar-refractivity contribution is 5.79. The van der Waals surface area contributed by atoms with E-state index in [1.165, 1.54) is 0 Å². The zero-order valence-electron chi connectivity index (χ0n) is 11.2. The zero-order chi connectivity index (χ0) is 14.1. The molecule has 0 saturated heterocycles. The summed E-state index contributed by atoms with van der Waals surface area (Å²) in [5.74, 6) is 0.0666. The van der Waals surface area contributed by atoms with Crippen molar-refractivity contribution in [3.8, 4) is 5.75 Å². The van der Waals surface area contributed by atoms with Crippen LogP contribution < -0.4 is 10.2 Å². The van der Waals surface area contributed by atoms with Crippen LogP contribution in [0.4, 0.5) is 0 Å². The molecule has 19 heavy (non-hydrogen) atoms. The first-order valence-electron chi connectivity index (χ1n) is 6.24. The van der Waals surface area contributed by atoms with Crippen molar-refractivity contribution in [2.75, 3.05) is 6.61 Å². The van der Waals surface area contributed by atoms with Gasteiger partial charge in [-0.3, -0.25) is 4.79 Å². The fourth-order valence-electron chi connectivity index (χ4n) is 1.27. The van der Waals surface area contributed by atoms with Crippen LogP contribution in [-0.2, 0) is 14.4 Å². The lowest BCUT2D eigenvalue weighted by molar-refractivity contribution is -0.159. The van der Waals surface area contributed by atoms with E-state index in [1.807, 2.05) is 19.9 Å². The topological polar surface area (TPSA) is 64.6 Å². The molecule has 0 aliphatic heterocycles. The molecular weight excluding hydrogens is 246 g/mol. The molecule has 0 saturated carbocycles. The minimum absolute atomic E-state index is 0.193. The summed E-state index contributed by atoms with van der Waals surface area (Å²) in [6.45, 7) is 3.83. The molecule has 0 spiro atoms. The van der Waals surface area contributed by atoms with E-state index in [0.717, 1.165) is 6.42 Å². The van der Waals surface area contributed by atoms with Gasteiger partial charge in [0.15, 0.2) is 6.61 Å². The number of rotatable bonds is 6. The molecule has 104 valence electrons. The van der Waals surface area contributed by atoms with Crippen LogP contribution in [0.3, 0.4) is 0 Å². The Morgan fingerprint density at radius 3 is 2.53 bits per heavy atom. The average Bonchev–Trinajstić information content (AvgIpc) is 2.41. The van der Waals surface area contributed by atoms with Crippen molar-refractivity contribution in [3.05, 3.63) is 30.3 Å². The molecule has 0 heterocycles. The van der Waals surface area contributed by atoms with Gasteiger partial charge in [-0.15, -0.1) is 0 Å². The first-order valence-corrected chi connectivity index (χ1v) is 6.24. The number of nitrogens with one attached hydrogen (secondary N) is 1. The summed E-state index contributed by atoms with van der Waals surface area (Å²) in [5.41, 5.74) is 2.06. The summed E-state index contributed by atoms with van der Waals surface area (Å²) in [6.07, 6.45) is 1.02. The quantitative estimate of drug-likeness (QED) is 0.800. The van der Waals surface area contributed by atoms with Crippen molar-refractivity contribution in [1.29, 1.82) is 0 Å². The third-order valence-electron chi connectivity index (χ3n) is 2.32. The molecule has 1 N–H and O–H groups in total. The number of carbonyl (C=O) groups is 2. The summed E-state index contributed by atoms with van der Waals surface area (Å²) in [5, 5.41) is 0. The molecule has 0 radical (unpaired) electrons. The van der Waals surface area contributed by atoms with Gasteiger partial charge in [-0.2, -0.15) is 5.48 Å². The number of hydrogen-bond acceptors (Lipinski definition) is 4. The average molecular weight is 265 g/mol. The van der Waals surface area contributed by atoms with E-state index in [4.69, 9.17) is 4.74 Å². The third kappa shape index (κ3) is 7.08. The zero-order valence-corrected chi connectivity index (χ0v) is 11.2. The van der Waals surface area contributed by atoms with Crippen molar-refractivity contribution < 1.29 is 19.2 Å². The highest BCUT2D eigenvalue weighted by atomic mass is 16.7. The van der Waals surface area contributed by atoms with Gasteiger partial charge in [-0.05, 0) is 24.5 Å². The Kier molecular flexibility index (Phi) is 6.43. The Hall–Kier alpha value is -2.04. The number of para-hydroxylation sites is 1. The maximum Gasteiger partial charge on any atom is 0.332 e. The molecule has 5 heteroatoms. The Morgan fingerprint density at radius 2 is 1.89 bits per heavy atom. The van der Waals surface area contributed by atoms with Gasteiger partial charge in [-0.25, -0.2) is 4.79 Å². The maximum atomic E-state index is 11.3. The monoisotopic (exact) mass is 265 g/mol. The summed E-state index contributed by atoms with van der Waals surface area (Å²) >= 11 is 0. The first-order chi connectivity index (χ1) is 9.08. The molecule has 0 bridgehead atoms. The van der Waals surface area contributed by atoms with Gasteiger partial charge >= 0.3 is 5.97 Å². The largest absolute Gasteiger partial charge is 0.484 e. The predicted octanol–water partition coefficient (Wildman–Crippen LogP) is 2.08. The smallest absolute Gasteiger partial charge is 0.332 e. The van der Waals surface area contributed by atoms with Crippen molar-refractivity contribution in [2.45, 2.75) is 26.7 Å². The second-order valence-corrected chi connectivity index (χ2v) is 4.53. The number of ether oxygens (including phenoxy) is 1. The molecule has 1 aromatic carbocycles. The van der Waals surface area contributed by atoms with Crippen LogP contribution in [0, 0.1) is 5.92 Å². The Labute approximate surface area is 112 Å². The van der Waals surface area contributed by atoms with Crippen molar-refractivity contribution in [1.82, 2.24) is 5.48 Å². The van der Waals surface area contributed by atoms with E-state index in [-0.39, 0.29) is 13.0 Å². The Morgan fingerprint density at radius 1 is 1.21 bits per heavy atom. The summed E-state index contributed by atoms with van der Waals surface area (Å²) in [7, 11) is 0. The molecule has 5 nitrogen and oxygen atoms in total. The molecule has 1 rings (SSSR count). The van der Waals surface area contributed by atoms with Gasteiger partial charge in [0, 0.05) is 6.42 Å². The van der Waals surface area contributed by atoms with Crippen LogP contribution >= 0.6 is 0 Å². The molecule has 0 fully saturated rings. The Balaban J connectivity index is 2.16. The van der Waals surface area contributed by atoms with E-state index in [0.29, 0.717) is 11.7 Å². The number of benzene rings is 1. The van der Waals surface area contributed by atoms with Crippen LogP contribution in [0.2, 0.25) is 0 Å². The van der Waals surface area contributed by atoms with Crippen LogP contribution in [0.1, 0.15) is 26.7 Å². The van der Waals surface area contributed by atoms with Crippen LogP contribution in [0.25, 0.3) is 0 Å². The summed E-state index contributed by atoms with van der Waals surface area (Å²) < 4.78 is 5.19. The summed E-state index contributed by atoms with van der Waals surface area (Å²) in [6, 6.07) is 8.94. The number of amides is 1. The second-order valence-electron chi connectivity index (χ2n) is 4.53. The fourth-order valence-corrected chi connectivity index (χ4v) is 1.27. The molecule has 1 amide bonds. The van der Waals surface area contributed by atoms with E-state index < -0.39 is 11.9 Å². The van der Waals surface area contributed by atoms with Gasteiger partial charge in [0.05, 0.1) is 0 Å². The summed E-state index contributed by atoms with van der Waals surface area (Å²) in [4.78, 5) is 27.2. The second kappa shape index (κ2) is 8.13. The maximum absolute atomic E-state index is 11.3. The number of hydroxylamine groups is 1. The first kappa shape index (κ1) is 15.0. The molecule has 0 aliphatic rings. The lowest BCUT2D eigenvalue weighted by atomic mass is 10.1. The molecule has 0 unspecified atom stereocenters. The lowest BCUT2D eigenvalue weighted by Gasteiger charge is -2.08. The van der Waals surface area contributed by atoms with Crippen molar-refractivity contribution in [2.24, 2.45) is 5.92 Å². The van der Waals surface area contributed by atoms with Gasteiger partial charge in [-0.1, -0.05) is 32.0 Å². The highest BCUT2D eigenvalue weighted by Crippen LogP contribution is 2.07. The third-order valence-corrected chi connectivity index (χ3v) is 2.32. The van der Waals surface area contributed by atoms with Gasteiger partial charge in [0.2, 0.25) is 0 Å². The van der Waals surface area contributed by atoms with Gasteiger partial charge in [0.1, 0.15) is 5.75 Å². The highest BCUT2D eigenvalue weighted by Gasteiger charge is 2.08. The number of hydrogen-bond donors (Lipinski definition) is 1. The van der Waals surface area contributed by atoms with E-state index >= 15 is 0 Å².